The molecule has 0 aliphatic heterocycles. The fourth-order valence-corrected chi connectivity index (χ4v) is 4.60. The second kappa shape index (κ2) is 13.6. The van der Waals surface area contributed by atoms with Crippen molar-refractivity contribution in [2.45, 2.75) is 90.2 Å². The van der Waals surface area contributed by atoms with E-state index < -0.39 is 23.6 Å². The Hall–Kier alpha value is -2.48. The lowest BCUT2D eigenvalue weighted by Gasteiger charge is -2.29. The van der Waals surface area contributed by atoms with Gasteiger partial charge in [-0.15, -0.1) is 0 Å². The van der Waals surface area contributed by atoms with Gasteiger partial charge in [-0.25, -0.2) is 4.79 Å². The third-order valence-electron chi connectivity index (χ3n) is 5.94. The molecule has 196 valence electrons. The molecule has 0 unspecified atom stereocenters. The van der Waals surface area contributed by atoms with Crippen molar-refractivity contribution < 1.29 is 28.6 Å². The molecule has 1 aliphatic carbocycles. The predicted molar refractivity (Wildman–Crippen MR) is 134 cm³/mol. The summed E-state index contributed by atoms with van der Waals surface area (Å²) in [5, 5.41) is 3.30. The van der Waals surface area contributed by atoms with E-state index in [0.717, 1.165) is 31.2 Å². The molecule has 1 aromatic rings. The molecule has 2 rings (SSSR count). The molecule has 0 spiro atoms. The van der Waals surface area contributed by atoms with E-state index in [1.54, 1.807) is 26.8 Å². The third kappa shape index (κ3) is 10.3. The summed E-state index contributed by atoms with van der Waals surface area (Å²) < 4.78 is 16.4. The molecule has 1 fully saturated rings. The molecule has 2 amide bonds. The Kier molecular flexibility index (Phi) is 11.1. The van der Waals surface area contributed by atoms with E-state index in [4.69, 9.17) is 31.5 Å². The first-order valence-electron chi connectivity index (χ1n) is 12.3. The van der Waals surface area contributed by atoms with E-state index >= 15 is 0 Å². The van der Waals surface area contributed by atoms with E-state index in [-0.39, 0.29) is 24.9 Å². The first-order valence-corrected chi connectivity index (χ1v) is 12.7. The maximum atomic E-state index is 12.2. The summed E-state index contributed by atoms with van der Waals surface area (Å²) in [5.74, 6) is 0.561. The van der Waals surface area contributed by atoms with Crippen LogP contribution < -0.4 is 15.8 Å². The van der Waals surface area contributed by atoms with Gasteiger partial charge in [0.05, 0.1) is 17.7 Å². The van der Waals surface area contributed by atoms with Crippen LogP contribution in [0.25, 0.3) is 0 Å². The van der Waals surface area contributed by atoms with Crippen molar-refractivity contribution in [2.24, 2.45) is 11.7 Å². The zero-order chi connectivity index (χ0) is 26.0. The monoisotopic (exact) mass is 510 g/mol. The number of rotatable bonds is 11. The van der Waals surface area contributed by atoms with Crippen LogP contribution in [0.1, 0.15) is 84.1 Å². The number of halogens is 1. The van der Waals surface area contributed by atoms with Crippen molar-refractivity contribution in [1.82, 2.24) is 5.32 Å². The molecule has 1 atom stereocenters. The van der Waals surface area contributed by atoms with E-state index in [1.165, 1.54) is 0 Å². The number of nitrogens with one attached hydrogen (secondary N) is 1. The fraction of sp³-hybridized carbons (Fsp3) is 0.654. The summed E-state index contributed by atoms with van der Waals surface area (Å²) >= 11 is 6.72. The Morgan fingerprint density at radius 2 is 1.86 bits per heavy atom. The van der Waals surface area contributed by atoms with Gasteiger partial charge in [0, 0.05) is 12.8 Å². The lowest BCUT2D eigenvalue weighted by Crippen LogP contribution is -2.42. The van der Waals surface area contributed by atoms with Gasteiger partial charge < -0.3 is 25.3 Å². The molecule has 35 heavy (non-hydrogen) atoms. The first-order chi connectivity index (χ1) is 16.5. The standard InChI is InChI=1S/C26H39ClN2O6/c1-5-33-23(31)15-17-9-11-18(12-10-17)20-7-6-8-21(24(20)27)34-16-19(13-14-22(28)30)29-25(32)35-26(2,3)4/h6-8,17-19H,5,9-16H2,1-4H3,(H2,28,30)(H,29,32)/t17?,18?,19-/m0/s1. The van der Waals surface area contributed by atoms with Crippen molar-refractivity contribution in [3.63, 3.8) is 0 Å². The SMILES string of the molecule is CCOC(=O)CC1CCC(c2cccc(OC[C@H](CCC(N)=O)NC(=O)OC(C)(C)C)c2Cl)CC1. The maximum Gasteiger partial charge on any atom is 0.407 e. The Bertz CT molecular complexity index is 862. The number of nitrogens with two attached hydrogens (primary N) is 1. The van der Waals surface area contributed by atoms with Crippen LogP contribution in [0, 0.1) is 5.92 Å². The number of hydrogen-bond acceptors (Lipinski definition) is 6. The fourth-order valence-electron chi connectivity index (χ4n) is 4.27. The van der Waals surface area contributed by atoms with Crippen molar-refractivity contribution in [2.75, 3.05) is 13.2 Å². The van der Waals surface area contributed by atoms with E-state index in [0.29, 0.717) is 36.1 Å². The molecule has 0 radical (unpaired) electrons. The number of ether oxygens (including phenoxy) is 3. The third-order valence-corrected chi connectivity index (χ3v) is 6.34. The second-order valence-corrected chi connectivity index (χ2v) is 10.4. The highest BCUT2D eigenvalue weighted by molar-refractivity contribution is 6.32. The van der Waals surface area contributed by atoms with Crippen LogP contribution in [-0.4, -0.2) is 42.8 Å². The zero-order valence-electron chi connectivity index (χ0n) is 21.2. The van der Waals surface area contributed by atoms with Crippen molar-refractivity contribution in [1.29, 1.82) is 0 Å². The molecule has 0 bridgehead atoms. The molecular weight excluding hydrogens is 472 g/mol. The van der Waals surface area contributed by atoms with Crippen molar-refractivity contribution in [3.05, 3.63) is 28.8 Å². The Morgan fingerprint density at radius 3 is 2.46 bits per heavy atom. The lowest BCUT2D eigenvalue weighted by molar-refractivity contribution is -0.144. The summed E-state index contributed by atoms with van der Waals surface area (Å²) in [6.07, 6.45) is 4.07. The van der Waals surface area contributed by atoms with E-state index in [1.807, 2.05) is 19.1 Å². The van der Waals surface area contributed by atoms with Crippen LogP contribution in [0.2, 0.25) is 5.02 Å². The highest BCUT2D eigenvalue weighted by Crippen LogP contribution is 2.42. The van der Waals surface area contributed by atoms with E-state index in [9.17, 15) is 14.4 Å². The molecule has 9 heteroatoms. The topological polar surface area (TPSA) is 117 Å². The van der Waals surface area contributed by atoms with Gasteiger partial charge in [-0.1, -0.05) is 23.7 Å². The van der Waals surface area contributed by atoms with Crippen molar-refractivity contribution >= 4 is 29.6 Å². The van der Waals surface area contributed by atoms with Gasteiger partial charge in [-0.05, 0) is 83.3 Å². The van der Waals surface area contributed by atoms with Crippen LogP contribution >= 0.6 is 11.6 Å². The number of amides is 2. The minimum Gasteiger partial charge on any atom is -0.490 e. The molecule has 0 saturated heterocycles. The van der Waals surface area contributed by atoms with Gasteiger partial charge in [0.1, 0.15) is 18.0 Å². The van der Waals surface area contributed by atoms with Crippen molar-refractivity contribution in [3.8, 4) is 5.75 Å². The molecule has 1 saturated carbocycles. The van der Waals surface area contributed by atoms with Gasteiger partial charge in [-0.2, -0.15) is 0 Å². The molecule has 8 nitrogen and oxygen atoms in total. The number of alkyl carbamates (subject to hydrolysis) is 1. The smallest absolute Gasteiger partial charge is 0.407 e. The number of esters is 1. The van der Waals surface area contributed by atoms with Gasteiger partial charge in [0.2, 0.25) is 5.91 Å². The highest BCUT2D eigenvalue weighted by Gasteiger charge is 2.27. The number of carbonyl (C=O) groups excluding carboxylic acids is 3. The van der Waals surface area contributed by atoms with E-state index in [2.05, 4.69) is 5.32 Å². The maximum absolute atomic E-state index is 12.2. The minimum atomic E-state index is -0.647. The second-order valence-electron chi connectivity index (χ2n) is 10.0. The number of hydrogen-bond donors (Lipinski definition) is 2. The Morgan fingerprint density at radius 1 is 1.17 bits per heavy atom. The van der Waals surface area contributed by atoms with Crippen LogP contribution in [0.5, 0.6) is 5.75 Å². The summed E-state index contributed by atoms with van der Waals surface area (Å²) in [6.45, 7) is 7.67. The molecule has 0 heterocycles. The Labute approximate surface area is 213 Å². The molecule has 3 N–H and O–H groups in total. The first kappa shape index (κ1) is 28.8. The molecule has 1 aromatic carbocycles. The molecular formula is C26H39ClN2O6. The Balaban J connectivity index is 1.99. The number of primary amides is 1. The molecule has 1 aliphatic rings. The molecule has 0 aromatic heterocycles. The highest BCUT2D eigenvalue weighted by atomic mass is 35.5. The predicted octanol–water partition coefficient (Wildman–Crippen LogP) is 5.10. The summed E-state index contributed by atoms with van der Waals surface area (Å²) in [4.78, 5) is 35.3. The average molecular weight is 511 g/mol. The van der Waals surface area contributed by atoms with Gasteiger partial charge in [-0.3, -0.25) is 9.59 Å². The number of benzene rings is 1. The van der Waals surface area contributed by atoms with Crippen LogP contribution in [-0.2, 0) is 19.1 Å². The largest absolute Gasteiger partial charge is 0.490 e. The summed E-state index contributed by atoms with van der Waals surface area (Å²) in [6, 6.07) is 5.22. The average Bonchev–Trinajstić information content (AvgIpc) is 2.76. The zero-order valence-corrected chi connectivity index (χ0v) is 22.0. The minimum absolute atomic E-state index is 0.104. The van der Waals surface area contributed by atoms with Crippen LogP contribution in [0.15, 0.2) is 18.2 Å². The van der Waals surface area contributed by atoms with Gasteiger partial charge >= 0.3 is 12.1 Å². The lowest BCUT2D eigenvalue weighted by atomic mass is 9.77. The van der Waals surface area contributed by atoms with Gasteiger partial charge in [0.15, 0.2) is 0 Å². The number of carbonyl (C=O) groups is 3. The quantitative estimate of drug-likeness (QED) is 0.400. The normalized spacial score (nSPS) is 18.9. The van der Waals surface area contributed by atoms with Crippen LogP contribution in [0.4, 0.5) is 4.79 Å². The van der Waals surface area contributed by atoms with Crippen LogP contribution in [0.3, 0.4) is 0 Å². The van der Waals surface area contributed by atoms with Gasteiger partial charge in [0.25, 0.3) is 0 Å². The summed E-state index contributed by atoms with van der Waals surface area (Å²) in [7, 11) is 0. The summed E-state index contributed by atoms with van der Waals surface area (Å²) in [5.41, 5.74) is 5.66.